The first-order chi connectivity index (χ1) is 19.7. The number of hydrazone groups is 1. The molecule has 1 N–H and O–H groups in total. The van der Waals surface area contributed by atoms with Crippen molar-refractivity contribution in [3.63, 3.8) is 0 Å². The lowest BCUT2D eigenvalue weighted by Crippen LogP contribution is -2.39. The van der Waals surface area contributed by atoms with E-state index in [1.165, 1.54) is 48.7 Å². The van der Waals surface area contributed by atoms with E-state index in [1.54, 1.807) is 35.2 Å². The van der Waals surface area contributed by atoms with Crippen LogP contribution in [-0.4, -0.2) is 62.5 Å². The van der Waals surface area contributed by atoms with E-state index in [9.17, 15) is 28.1 Å². The van der Waals surface area contributed by atoms with Crippen LogP contribution in [0.15, 0.2) is 88.9 Å². The van der Waals surface area contributed by atoms with Crippen LogP contribution in [-0.2, 0) is 19.6 Å². The topological polar surface area (TPSA) is 152 Å². The molecule has 3 aromatic rings. The fourth-order valence-electron chi connectivity index (χ4n) is 4.17. The van der Waals surface area contributed by atoms with Gasteiger partial charge in [0.15, 0.2) is 6.61 Å². The molecule has 0 aliphatic carbocycles. The number of carbonyl (C=O) groups is 2. The van der Waals surface area contributed by atoms with Crippen LogP contribution in [0.2, 0.25) is 0 Å². The number of nitro groups is 1. The summed E-state index contributed by atoms with van der Waals surface area (Å²) in [5.74, 6) is -0.301. The number of amides is 2. The number of anilines is 1. The highest BCUT2D eigenvalue weighted by molar-refractivity contribution is 7.92. The van der Waals surface area contributed by atoms with Crippen molar-refractivity contribution in [2.24, 2.45) is 5.10 Å². The van der Waals surface area contributed by atoms with Gasteiger partial charge in [0.2, 0.25) is 0 Å². The van der Waals surface area contributed by atoms with Gasteiger partial charge in [-0.3, -0.25) is 24.0 Å². The molecule has 0 unspecified atom stereocenters. The number of non-ortho nitro benzene ring substituents is 1. The number of nitro benzene ring substituents is 1. The molecule has 41 heavy (non-hydrogen) atoms. The normalized spacial score (nSPS) is 13.5. The first-order valence-electron chi connectivity index (χ1n) is 12.9. The average Bonchev–Trinajstić information content (AvgIpc) is 3.00. The Balaban J connectivity index is 1.39. The standard InChI is InChI=1S/C28H29N5O7S/c34-27(30-29-19-22-12-14-25(15-13-22)40-21-28(35)31-16-5-2-6-17-31)20-32(23-8-7-9-24(18-23)33(36)37)41(38,39)26-10-3-1-4-11-26/h1,3-4,7-15,18-19H,2,5-6,16-17,20-21H2,(H,30,34)/b29-19-. The Hall–Kier alpha value is -4.78. The molecular formula is C28H29N5O7S. The first-order valence-corrected chi connectivity index (χ1v) is 14.3. The molecule has 12 nitrogen and oxygen atoms in total. The number of nitrogens with one attached hydrogen (secondary N) is 1. The van der Waals surface area contributed by atoms with E-state index in [1.807, 2.05) is 0 Å². The SMILES string of the molecule is O=C(CN(c1cccc([N+](=O)[O-])c1)S(=O)(=O)c1ccccc1)N/N=C\c1ccc(OCC(=O)N2CCCCC2)cc1. The minimum absolute atomic E-state index is 0.0449. The lowest BCUT2D eigenvalue weighted by molar-refractivity contribution is -0.384. The number of benzene rings is 3. The Labute approximate surface area is 237 Å². The summed E-state index contributed by atoms with van der Waals surface area (Å²) in [5, 5.41) is 15.2. The second-order valence-corrected chi connectivity index (χ2v) is 11.1. The zero-order chi connectivity index (χ0) is 29.2. The third kappa shape index (κ3) is 7.88. The molecular weight excluding hydrogens is 550 g/mol. The van der Waals surface area contributed by atoms with Crippen molar-refractivity contribution in [2.75, 3.05) is 30.5 Å². The number of nitrogens with zero attached hydrogens (tertiary/aromatic N) is 4. The molecule has 4 rings (SSSR count). The highest BCUT2D eigenvalue weighted by atomic mass is 32.2. The molecule has 13 heteroatoms. The fourth-order valence-corrected chi connectivity index (χ4v) is 5.60. The Bertz CT molecular complexity index is 1510. The molecule has 1 aliphatic rings. The van der Waals surface area contributed by atoms with Crippen molar-refractivity contribution in [3.8, 4) is 5.75 Å². The molecule has 0 bridgehead atoms. The molecule has 1 aliphatic heterocycles. The third-order valence-corrected chi connectivity index (χ3v) is 8.09. The number of likely N-dealkylation sites (tertiary alicyclic amines) is 1. The van der Waals surface area contributed by atoms with E-state index < -0.39 is 27.4 Å². The molecule has 0 aromatic heterocycles. The van der Waals surface area contributed by atoms with E-state index in [2.05, 4.69) is 10.5 Å². The van der Waals surface area contributed by atoms with Gasteiger partial charge in [0.25, 0.3) is 27.5 Å². The molecule has 1 fully saturated rings. The number of carbonyl (C=O) groups excluding carboxylic acids is 2. The highest BCUT2D eigenvalue weighted by Crippen LogP contribution is 2.26. The van der Waals surface area contributed by atoms with Crippen molar-refractivity contribution in [2.45, 2.75) is 24.2 Å². The van der Waals surface area contributed by atoms with E-state index >= 15 is 0 Å². The molecule has 0 saturated carbocycles. The smallest absolute Gasteiger partial charge is 0.271 e. The van der Waals surface area contributed by atoms with Crippen LogP contribution < -0.4 is 14.5 Å². The van der Waals surface area contributed by atoms with Gasteiger partial charge in [0.05, 0.1) is 21.7 Å². The minimum atomic E-state index is -4.24. The Morgan fingerprint density at radius 1 is 1.00 bits per heavy atom. The number of hydrogen-bond acceptors (Lipinski definition) is 8. The quantitative estimate of drug-likeness (QED) is 0.208. The van der Waals surface area contributed by atoms with Gasteiger partial charge in [-0.2, -0.15) is 5.10 Å². The van der Waals surface area contributed by atoms with Crippen molar-refractivity contribution in [3.05, 3.63) is 94.5 Å². The van der Waals surface area contributed by atoms with Crippen LogP contribution >= 0.6 is 0 Å². The number of rotatable bonds is 11. The Kier molecular flexibility index (Phi) is 9.64. The van der Waals surface area contributed by atoms with Gasteiger partial charge in [-0.25, -0.2) is 13.8 Å². The Morgan fingerprint density at radius 3 is 2.39 bits per heavy atom. The lowest BCUT2D eigenvalue weighted by atomic mass is 10.1. The van der Waals surface area contributed by atoms with Crippen molar-refractivity contribution >= 4 is 39.4 Å². The number of ether oxygens (including phenoxy) is 1. The maximum absolute atomic E-state index is 13.4. The highest BCUT2D eigenvalue weighted by Gasteiger charge is 2.28. The number of sulfonamides is 1. The van der Waals surface area contributed by atoms with E-state index in [0.717, 1.165) is 42.7 Å². The van der Waals surface area contributed by atoms with Gasteiger partial charge >= 0.3 is 0 Å². The summed E-state index contributed by atoms with van der Waals surface area (Å²) in [6, 6.07) is 19.2. The van der Waals surface area contributed by atoms with Crippen LogP contribution in [0.4, 0.5) is 11.4 Å². The summed E-state index contributed by atoms with van der Waals surface area (Å²) in [7, 11) is -4.24. The van der Waals surface area contributed by atoms with Crippen LogP contribution in [0.3, 0.4) is 0 Å². The van der Waals surface area contributed by atoms with Crippen LogP contribution in [0, 0.1) is 10.1 Å². The second kappa shape index (κ2) is 13.5. The van der Waals surface area contributed by atoms with Gasteiger partial charge in [-0.1, -0.05) is 24.3 Å². The largest absolute Gasteiger partial charge is 0.484 e. The maximum Gasteiger partial charge on any atom is 0.271 e. The van der Waals surface area contributed by atoms with Gasteiger partial charge in [-0.15, -0.1) is 0 Å². The number of hydrogen-bond donors (Lipinski definition) is 1. The predicted octanol–water partition coefficient (Wildman–Crippen LogP) is 3.33. The zero-order valence-electron chi connectivity index (χ0n) is 22.1. The summed E-state index contributed by atoms with van der Waals surface area (Å²) in [5.41, 5.74) is 2.54. The molecule has 2 amide bonds. The monoisotopic (exact) mass is 579 g/mol. The first kappa shape index (κ1) is 29.2. The van der Waals surface area contributed by atoms with Gasteiger partial charge < -0.3 is 9.64 Å². The summed E-state index contributed by atoms with van der Waals surface area (Å²) in [6.45, 7) is 0.791. The van der Waals surface area contributed by atoms with Gasteiger partial charge in [-0.05, 0) is 67.3 Å². The summed E-state index contributed by atoms with van der Waals surface area (Å²) < 4.78 is 33.1. The van der Waals surface area contributed by atoms with Crippen molar-refractivity contribution < 1.29 is 27.7 Å². The lowest BCUT2D eigenvalue weighted by Gasteiger charge is -2.26. The molecule has 3 aromatic carbocycles. The molecule has 1 heterocycles. The second-order valence-electron chi connectivity index (χ2n) is 9.19. The molecule has 0 atom stereocenters. The van der Waals surface area contributed by atoms with Crippen LogP contribution in [0.5, 0.6) is 5.75 Å². The molecule has 0 spiro atoms. The van der Waals surface area contributed by atoms with E-state index in [-0.39, 0.29) is 28.8 Å². The van der Waals surface area contributed by atoms with Gasteiger partial charge in [0, 0.05) is 25.2 Å². The predicted molar refractivity (Wildman–Crippen MR) is 152 cm³/mol. The molecule has 214 valence electrons. The average molecular weight is 580 g/mol. The fraction of sp³-hybridized carbons (Fsp3) is 0.250. The van der Waals surface area contributed by atoms with E-state index in [4.69, 9.17) is 4.74 Å². The summed E-state index contributed by atoms with van der Waals surface area (Å²) in [6.07, 6.45) is 4.51. The maximum atomic E-state index is 13.4. The van der Waals surface area contributed by atoms with Crippen LogP contribution in [0.25, 0.3) is 0 Å². The van der Waals surface area contributed by atoms with Crippen molar-refractivity contribution in [1.82, 2.24) is 10.3 Å². The zero-order valence-corrected chi connectivity index (χ0v) is 22.9. The molecule has 1 saturated heterocycles. The summed E-state index contributed by atoms with van der Waals surface area (Å²) >= 11 is 0. The minimum Gasteiger partial charge on any atom is -0.484 e. The number of piperidine rings is 1. The third-order valence-electron chi connectivity index (χ3n) is 6.30. The van der Waals surface area contributed by atoms with Crippen LogP contribution in [0.1, 0.15) is 24.8 Å². The van der Waals surface area contributed by atoms with E-state index in [0.29, 0.717) is 11.3 Å². The van der Waals surface area contributed by atoms with Gasteiger partial charge in [0.1, 0.15) is 12.3 Å². The summed E-state index contributed by atoms with van der Waals surface area (Å²) in [4.78, 5) is 37.3. The molecule has 0 radical (unpaired) electrons. The Morgan fingerprint density at radius 2 is 1.71 bits per heavy atom. The van der Waals surface area contributed by atoms with Crippen molar-refractivity contribution in [1.29, 1.82) is 0 Å².